The molecule has 0 atom stereocenters. The van der Waals surface area contributed by atoms with Gasteiger partial charge in [0.25, 0.3) is 0 Å². The van der Waals surface area contributed by atoms with Gasteiger partial charge in [-0.15, -0.1) is 0 Å². The van der Waals surface area contributed by atoms with E-state index in [1.54, 1.807) is 0 Å². The summed E-state index contributed by atoms with van der Waals surface area (Å²) < 4.78 is 23.1. The summed E-state index contributed by atoms with van der Waals surface area (Å²) in [4.78, 5) is 0. The molecule has 0 aliphatic heterocycles. The Hall–Kier alpha value is 0.772. The van der Waals surface area contributed by atoms with Crippen LogP contribution < -0.4 is 0 Å². The summed E-state index contributed by atoms with van der Waals surface area (Å²) in [6, 6.07) is 0. The van der Waals surface area contributed by atoms with Crippen molar-refractivity contribution in [3.8, 4) is 0 Å². The summed E-state index contributed by atoms with van der Waals surface area (Å²) >= 11 is -3.29. The van der Waals surface area contributed by atoms with E-state index in [0.717, 1.165) is 0 Å². The number of rotatable bonds is 0. The van der Waals surface area contributed by atoms with Crippen molar-refractivity contribution in [1.82, 2.24) is 0 Å². The van der Waals surface area contributed by atoms with Crippen molar-refractivity contribution < 1.29 is 12.2 Å². The predicted octanol–water partition coefficient (Wildman–Crippen LogP) is -2.80. The Kier molecular flexibility index (Phi) is 8.82. The fourth-order valence-electron chi connectivity index (χ4n) is 0. The van der Waals surface area contributed by atoms with E-state index < -0.39 is 14.5 Å². The second kappa shape index (κ2) is 4.77. The second-order valence-electron chi connectivity index (χ2n) is 0.231. The van der Waals surface area contributed by atoms with E-state index in [4.69, 9.17) is 12.2 Å². The molecule has 0 aliphatic carbocycles. The molecule has 0 unspecified atom stereocenters. The predicted molar refractivity (Wildman–Crippen MR) is 20.8 cm³/mol. The molecule has 5 heteroatoms. The summed E-state index contributed by atoms with van der Waals surface area (Å²) in [7, 11) is 0. The van der Waals surface area contributed by atoms with Gasteiger partial charge in [-0.25, -0.2) is 0 Å². The zero-order valence-electron chi connectivity index (χ0n) is 1.71. The summed E-state index contributed by atoms with van der Waals surface area (Å²) in [5.74, 6) is 0. The first kappa shape index (κ1) is 9.24. The first-order valence-corrected chi connectivity index (χ1v) is 2.76. The topological polar surface area (TPSA) is 57.5 Å². The van der Waals surface area contributed by atoms with Crippen LogP contribution in [0.5, 0.6) is 0 Å². The Labute approximate surface area is 44.5 Å². The van der Waals surface area contributed by atoms with Gasteiger partial charge in [-0.05, 0) is 0 Å². The quantitative estimate of drug-likeness (QED) is 0.375. The molecule has 0 heterocycles. The first-order valence-electron chi connectivity index (χ1n) is 0.532. The zero-order chi connectivity index (χ0) is 3.58. The van der Waals surface area contributed by atoms with Crippen LogP contribution in [0.15, 0.2) is 0 Å². The van der Waals surface area contributed by atoms with Crippen LogP contribution >= 0.6 is 0 Å². The third kappa shape index (κ3) is 61.5. The van der Waals surface area contributed by atoms with Gasteiger partial charge in [0, 0.05) is 0 Å². The Morgan fingerprint density at radius 3 is 1.40 bits per heavy atom. The maximum atomic E-state index is 8.76. The van der Waals surface area contributed by atoms with Crippen molar-refractivity contribution in [1.29, 1.82) is 0 Å². The van der Waals surface area contributed by atoms with Crippen LogP contribution in [-0.2, 0) is 3.83 Å². The van der Waals surface area contributed by atoms with Crippen LogP contribution in [0, 0.1) is 0 Å². The van der Waals surface area contributed by atoms with E-state index in [0.29, 0.717) is 0 Å². The smallest absolute Gasteiger partial charge is 0.187 e. The van der Waals surface area contributed by atoms with E-state index in [1.165, 1.54) is 0 Å². The fraction of sp³-hybridized carbons (Fsp3) is 0. The molecular formula is H5AlO3Se. The molecule has 0 amide bonds. The third-order valence-electron chi connectivity index (χ3n) is 0. The SMILES string of the molecule is O=[Se](O)O.[AlH3]. The van der Waals surface area contributed by atoms with Crippen LogP contribution in [0.2, 0.25) is 0 Å². The zero-order valence-corrected chi connectivity index (χ0v) is 3.42. The van der Waals surface area contributed by atoms with Gasteiger partial charge in [-0.2, -0.15) is 0 Å². The third-order valence-corrected chi connectivity index (χ3v) is 0. The van der Waals surface area contributed by atoms with Gasteiger partial charge in [0.2, 0.25) is 0 Å². The summed E-state index contributed by atoms with van der Waals surface area (Å²) in [5.41, 5.74) is 0. The van der Waals surface area contributed by atoms with Crippen molar-refractivity contribution in [2.45, 2.75) is 0 Å². The molecule has 3 nitrogen and oxygen atoms in total. The molecule has 0 radical (unpaired) electrons. The maximum absolute atomic E-state index is 8.76. The second-order valence-corrected chi connectivity index (χ2v) is 1.20. The molecule has 0 aromatic carbocycles. The summed E-state index contributed by atoms with van der Waals surface area (Å²) in [6.45, 7) is 0. The van der Waals surface area contributed by atoms with Gasteiger partial charge in [-0.3, -0.25) is 0 Å². The maximum Gasteiger partial charge on any atom is 0.187 e. The molecule has 32 valence electrons. The van der Waals surface area contributed by atoms with Gasteiger partial charge < -0.3 is 0 Å². The molecule has 0 saturated heterocycles. The molecule has 5 heavy (non-hydrogen) atoms. The van der Waals surface area contributed by atoms with Crippen molar-refractivity contribution in [2.75, 3.05) is 0 Å². The van der Waals surface area contributed by atoms with Gasteiger partial charge >= 0.3 is 26.7 Å². The Balaban J connectivity index is 0. The van der Waals surface area contributed by atoms with E-state index in [1.807, 2.05) is 0 Å². The van der Waals surface area contributed by atoms with Crippen molar-refractivity contribution >= 4 is 31.9 Å². The Morgan fingerprint density at radius 1 is 1.40 bits per heavy atom. The van der Waals surface area contributed by atoms with E-state index in [9.17, 15) is 0 Å². The standard InChI is InChI=1S/Al.H2O3Se.3H/c;1-4(2)3;;;/h;(H2,1,2,3);;;. The van der Waals surface area contributed by atoms with Crippen LogP contribution in [0.3, 0.4) is 0 Å². The minimum absolute atomic E-state index is 0. The van der Waals surface area contributed by atoms with Crippen molar-refractivity contribution in [3.63, 3.8) is 0 Å². The largest absolute Gasteiger partial charge is 0.187 e. The van der Waals surface area contributed by atoms with E-state index in [2.05, 4.69) is 0 Å². The fourth-order valence-corrected chi connectivity index (χ4v) is 0. The average molecular weight is 159 g/mol. The number of hydrogen-bond acceptors (Lipinski definition) is 1. The molecule has 2 N–H and O–H groups in total. The van der Waals surface area contributed by atoms with E-state index in [-0.39, 0.29) is 17.4 Å². The van der Waals surface area contributed by atoms with E-state index >= 15 is 0 Å². The molecule has 0 aliphatic rings. The molecule has 0 aromatic rings. The molecular weight excluding hydrogens is 154 g/mol. The normalized spacial score (nSPS) is 7.00. The molecule has 0 saturated carbocycles. The molecule has 0 rings (SSSR count). The van der Waals surface area contributed by atoms with Crippen LogP contribution in [0.25, 0.3) is 0 Å². The van der Waals surface area contributed by atoms with Crippen molar-refractivity contribution in [3.05, 3.63) is 0 Å². The first-order chi connectivity index (χ1) is 1.73. The molecule has 0 fully saturated rings. The van der Waals surface area contributed by atoms with Crippen LogP contribution in [0.1, 0.15) is 0 Å². The van der Waals surface area contributed by atoms with Gasteiger partial charge in [0.1, 0.15) is 0 Å². The minimum atomic E-state index is -3.29. The average Bonchev–Trinajstić information content (AvgIpc) is 0.811. The Morgan fingerprint density at radius 2 is 1.40 bits per heavy atom. The minimum Gasteiger partial charge on any atom is 0.187 e. The Bertz CT molecular complexity index is 29.9. The molecule has 0 spiro atoms. The van der Waals surface area contributed by atoms with Crippen LogP contribution in [0.4, 0.5) is 0 Å². The van der Waals surface area contributed by atoms with Gasteiger partial charge in [0.05, 0.1) is 0 Å². The van der Waals surface area contributed by atoms with Gasteiger partial charge in [0.15, 0.2) is 17.4 Å². The van der Waals surface area contributed by atoms with Crippen LogP contribution in [-0.4, -0.2) is 40.2 Å². The molecule has 0 aromatic heterocycles. The monoisotopic (exact) mass is 160 g/mol. The summed E-state index contributed by atoms with van der Waals surface area (Å²) in [6.07, 6.45) is 0. The van der Waals surface area contributed by atoms with Gasteiger partial charge in [-0.1, -0.05) is 0 Å². The number of hydrogen-bond donors (Lipinski definition) is 2. The van der Waals surface area contributed by atoms with Crippen molar-refractivity contribution in [2.24, 2.45) is 0 Å². The summed E-state index contributed by atoms with van der Waals surface area (Å²) in [5, 5.41) is 0. The molecule has 0 bridgehead atoms.